The quantitative estimate of drug-likeness (QED) is 0.827. The summed E-state index contributed by atoms with van der Waals surface area (Å²) in [5.74, 6) is 1.95. The number of hydrogen-bond acceptors (Lipinski definition) is 4. The van der Waals surface area contributed by atoms with Gasteiger partial charge in [-0.2, -0.15) is 0 Å². The van der Waals surface area contributed by atoms with Gasteiger partial charge < -0.3 is 14.8 Å². The molecule has 4 heteroatoms. The number of aliphatic hydroxyl groups is 1. The molecule has 0 spiro atoms. The first kappa shape index (κ1) is 14.6. The minimum Gasteiger partial charge on any atom is -0.466 e. The van der Waals surface area contributed by atoms with Crippen molar-refractivity contribution in [1.82, 2.24) is 10.2 Å². The molecule has 1 aliphatic rings. The van der Waals surface area contributed by atoms with Crippen molar-refractivity contribution in [2.45, 2.75) is 45.7 Å². The molecule has 1 fully saturated rings. The van der Waals surface area contributed by atoms with Crippen LogP contribution in [0.15, 0.2) is 10.5 Å². The Hall–Kier alpha value is -0.840. The molecule has 1 aromatic heterocycles. The van der Waals surface area contributed by atoms with Gasteiger partial charge in [0.05, 0.1) is 6.61 Å². The van der Waals surface area contributed by atoms with Gasteiger partial charge in [0.25, 0.3) is 0 Å². The van der Waals surface area contributed by atoms with E-state index in [1.165, 1.54) is 18.4 Å². The van der Waals surface area contributed by atoms with Crippen molar-refractivity contribution in [2.75, 3.05) is 26.2 Å². The third-order valence-corrected chi connectivity index (χ3v) is 4.08. The zero-order valence-corrected chi connectivity index (χ0v) is 12.3. The fourth-order valence-corrected chi connectivity index (χ4v) is 3.03. The lowest BCUT2D eigenvalue weighted by atomic mass is 10.1. The van der Waals surface area contributed by atoms with Crippen LogP contribution in [0.4, 0.5) is 0 Å². The molecular weight excluding hydrogens is 240 g/mol. The molecule has 2 unspecified atom stereocenters. The highest BCUT2D eigenvalue weighted by atomic mass is 16.3. The standard InChI is InChI=1S/C15H26N2O2/c1-11-9-15(13(3)19-11)12(2)17(7-8-18)10-14-5-4-6-16-14/h9,12,14,16,18H,4-8,10H2,1-3H3. The van der Waals surface area contributed by atoms with Gasteiger partial charge in [0.2, 0.25) is 0 Å². The molecule has 0 radical (unpaired) electrons. The highest BCUT2D eigenvalue weighted by Gasteiger charge is 2.24. The van der Waals surface area contributed by atoms with Crippen LogP contribution in [0.1, 0.15) is 42.9 Å². The van der Waals surface area contributed by atoms with E-state index in [9.17, 15) is 5.11 Å². The fraction of sp³-hybridized carbons (Fsp3) is 0.733. The largest absolute Gasteiger partial charge is 0.466 e. The van der Waals surface area contributed by atoms with E-state index in [1.807, 2.05) is 13.8 Å². The Balaban J connectivity index is 2.06. The average molecular weight is 266 g/mol. The lowest BCUT2D eigenvalue weighted by molar-refractivity contribution is 0.147. The van der Waals surface area contributed by atoms with E-state index >= 15 is 0 Å². The molecule has 4 nitrogen and oxygen atoms in total. The molecule has 0 bridgehead atoms. The summed E-state index contributed by atoms with van der Waals surface area (Å²) in [4.78, 5) is 2.35. The predicted octanol–water partition coefficient (Wildman–Crippen LogP) is 2.00. The second-order valence-electron chi connectivity index (χ2n) is 5.56. The van der Waals surface area contributed by atoms with Gasteiger partial charge in [0, 0.05) is 30.7 Å². The Morgan fingerprint density at radius 2 is 2.32 bits per heavy atom. The summed E-state index contributed by atoms with van der Waals surface area (Å²) in [5.41, 5.74) is 1.24. The second kappa shape index (κ2) is 6.55. The van der Waals surface area contributed by atoms with Crippen molar-refractivity contribution in [2.24, 2.45) is 0 Å². The zero-order chi connectivity index (χ0) is 13.8. The maximum atomic E-state index is 9.30. The Kier molecular flexibility index (Phi) is 5.02. The second-order valence-corrected chi connectivity index (χ2v) is 5.56. The topological polar surface area (TPSA) is 48.6 Å². The van der Waals surface area contributed by atoms with Crippen molar-refractivity contribution >= 4 is 0 Å². The summed E-state index contributed by atoms with van der Waals surface area (Å²) < 4.78 is 5.63. The monoisotopic (exact) mass is 266 g/mol. The molecule has 1 aromatic rings. The van der Waals surface area contributed by atoms with Crippen LogP contribution in [0, 0.1) is 13.8 Å². The first-order valence-electron chi connectivity index (χ1n) is 7.27. The van der Waals surface area contributed by atoms with Crippen LogP contribution < -0.4 is 5.32 Å². The maximum Gasteiger partial charge on any atom is 0.105 e. The van der Waals surface area contributed by atoms with Crippen LogP contribution in [0.5, 0.6) is 0 Å². The van der Waals surface area contributed by atoms with Gasteiger partial charge in [-0.25, -0.2) is 0 Å². The van der Waals surface area contributed by atoms with Crippen LogP contribution in [-0.4, -0.2) is 42.3 Å². The van der Waals surface area contributed by atoms with Crippen LogP contribution in [0.2, 0.25) is 0 Å². The number of aliphatic hydroxyl groups excluding tert-OH is 1. The maximum absolute atomic E-state index is 9.30. The zero-order valence-electron chi connectivity index (χ0n) is 12.3. The van der Waals surface area contributed by atoms with Gasteiger partial charge >= 0.3 is 0 Å². The molecule has 2 rings (SSSR count). The van der Waals surface area contributed by atoms with Gasteiger partial charge in [0.15, 0.2) is 0 Å². The Labute approximate surface area is 115 Å². The van der Waals surface area contributed by atoms with Gasteiger partial charge in [0.1, 0.15) is 11.5 Å². The van der Waals surface area contributed by atoms with Gasteiger partial charge in [-0.3, -0.25) is 4.90 Å². The summed E-state index contributed by atoms with van der Waals surface area (Å²) in [7, 11) is 0. The molecular formula is C15H26N2O2. The molecule has 0 aliphatic carbocycles. The van der Waals surface area contributed by atoms with Crippen molar-refractivity contribution in [3.8, 4) is 0 Å². The highest BCUT2D eigenvalue weighted by molar-refractivity contribution is 5.23. The molecule has 1 aliphatic heterocycles. The molecule has 1 saturated heterocycles. The smallest absolute Gasteiger partial charge is 0.105 e. The Bertz CT molecular complexity index is 397. The summed E-state index contributed by atoms with van der Waals surface area (Å²) >= 11 is 0. The molecule has 2 atom stereocenters. The van der Waals surface area contributed by atoms with E-state index in [4.69, 9.17) is 4.42 Å². The lowest BCUT2D eigenvalue weighted by Gasteiger charge is -2.30. The van der Waals surface area contributed by atoms with Crippen LogP contribution in [-0.2, 0) is 0 Å². The molecule has 0 amide bonds. The van der Waals surface area contributed by atoms with Gasteiger partial charge in [-0.15, -0.1) is 0 Å². The number of nitrogens with one attached hydrogen (secondary N) is 1. The highest BCUT2D eigenvalue weighted by Crippen LogP contribution is 2.26. The number of hydrogen-bond donors (Lipinski definition) is 2. The molecule has 19 heavy (non-hydrogen) atoms. The number of rotatable bonds is 6. The van der Waals surface area contributed by atoms with E-state index in [1.54, 1.807) is 0 Å². The Morgan fingerprint density at radius 1 is 1.53 bits per heavy atom. The molecule has 108 valence electrons. The van der Waals surface area contributed by atoms with E-state index in [2.05, 4.69) is 23.2 Å². The summed E-state index contributed by atoms with van der Waals surface area (Å²) in [5, 5.41) is 12.8. The van der Waals surface area contributed by atoms with Crippen molar-refractivity contribution < 1.29 is 9.52 Å². The third kappa shape index (κ3) is 3.59. The first-order chi connectivity index (χ1) is 9.11. The van der Waals surface area contributed by atoms with E-state index in [0.717, 1.165) is 24.6 Å². The van der Waals surface area contributed by atoms with Crippen LogP contribution in [0.25, 0.3) is 0 Å². The van der Waals surface area contributed by atoms with E-state index in [0.29, 0.717) is 12.6 Å². The van der Waals surface area contributed by atoms with Gasteiger partial charge in [-0.05, 0) is 46.2 Å². The predicted molar refractivity (Wildman–Crippen MR) is 76.3 cm³/mol. The summed E-state index contributed by atoms with van der Waals surface area (Å²) in [6.45, 7) is 9.22. The normalized spacial score (nSPS) is 21.2. The minimum atomic E-state index is 0.201. The minimum absolute atomic E-state index is 0.201. The first-order valence-corrected chi connectivity index (χ1v) is 7.27. The van der Waals surface area contributed by atoms with Crippen LogP contribution in [0.3, 0.4) is 0 Å². The number of nitrogens with zero attached hydrogens (tertiary/aromatic N) is 1. The Morgan fingerprint density at radius 3 is 2.84 bits per heavy atom. The van der Waals surface area contributed by atoms with Crippen LogP contribution >= 0.6 is 0 Å². The fourth-order valence-electron chi connectivity index (χ4n) is 3.03. The number of aryl methyl sites for hydroxylation is 2. The average Bonchev–Trinajstić information content (AvgIpc) is 2.97. The van der Waals surface area contributed by atoms with Crippen molar-refractivity contribution in [3.05, 3.63) is 23.2 Å². The third-order valence-electron chi connectivity index (χ3n) is 4.08. The SMILES string of the molecule is Cc1cc(C(C)N(CCO)CC2CCCN2)c(C)o1. The summed E-state index contributed by atoms with van der Waals surface area (Å²) in [6.07, 6.45) is 2.49. The van der Waals surface area contributed by atoms with Gasteiger partial charge in [-0.1, -0.05) is 0 Å². The van der Waals surface area contributed by atoms with E-state index < -0.39 is 0 Å². The molecule has 2 heterocycles. The van der Waals surface area contributed by atoms with E-state index in [-0.39, 0.29) is 12.6 Å². The lowest BCUT2D eigenvalue weighted by Crippen LogP contribution is -2.40. The molecule has 0 aromatic carbocycles. The number of furan rings is 1. The van der Waals surface area contributed by atoms with Crippen molar-refractivity contribution in [3.63, 3.8) is 0 Å². The molecule has 2 N–H and O–H groups in total. The summed E-state index contributed by atoms with van der Waals surface area (Å²) in [6, 6.07) is 2.96. The van der Waals surface area contributed by atoms with Crippen molar-refractivity contribution in [1.29, 1.82) is 0 Å². The molecule has 0 saturated carbocycles.